The highest BCUT2D eigenvalue weighted by molar-refractivity contribution is 6.01. The number of fused-ring (bicyclic) bond motifs is 1. The number of hydrogen-bond acceptors (Lipinski definition) is 4. The number of likely N-dealkylation sites (tertiary alicyclic amines) is 1. The molecule has 0 spiro atoms. The van der Waals surface area contributed by atoms with E-state index < -0.39 is 0 Å². The Hall–Kier alpha value is -2.66. The molecule has 2 aliphatic rings. The van der Waals surface area contributed by atoms with Crippen molar-refractivity contribution in [2.45, 2.75) is 37.8 Å². The minimum absolute atomic E-state index is 0.0121. The fourth-order valence-corrected chi connectivity index (χ4v) is 4.00. The third-order valence-electron chi connectivity index (χ3n) is 5.70. The SMILES string of the molecule is O=C(NC1CCN(C2CC2)CC1)c1ccc2noc(-c3ccccc3)c2c1. The Morgan fingerprint density at radius 3 is 2.56 bits per heavy atom. The lowest BCUT2D eigenvalue weighted by Crippen LogP contribution is -2.45. The van der Waals surface area contributed by atoms with E-state index in [0.29, 0.717) is 11.3 Å². The van der Waals surface area contributed by atoms with Crippen LogP contribution in [0, 0.1) is 0 Å². The molecule has 1 aromatic heterocycles. The molecule has 1 aliphatic heterocycles. The molecule has 1 N–H and O–H groups in total. The molecule has 1 aliphatic carbocycles. The average Bonchev–Trinajstić information content (AvgIpc) is 3.48. The van der Waals surface area contributed by atoms with Gasteiger partial charge in [-0.3, -0.25) is 4.79 Å². The van der Waals surface area contributed by atoms with Gasteiger partial charge in [-0.05, 0) is 43.9 Å². The number of nitrogens with zero attached hydrogens (tertiary/aromatic N) is 2. The summed E-state index contributed by atoms with van der Waals surface area (Å²) >= 11 is 0. The van der Waals surface area contributed by atoms with Crippen LogP contribution in [-0.2, 0) is 0 Å². The van der Waals surface area contributed by atoms with Gasteiger partial charge in [0.2, 0.25) is 0 Å². The van der Waals surface area contributed by atoms with Gasteiger partial charge in [0.05, 0.1) is 5.39 Å². The second kappa shape index (κ2) is 6.82. The van der Waals surface area contributed by atoms with E-state index in [1.165, 1.54) is 12.8 Å². The van der Waals surface area contributed by atoms with Gasteiger partial charge in [0.25, 0.3) is 5.91 Å². The maximum Gasteiger partial charge on any atom is 0.251 e. The maximum atomic E-state index is 12.8. The second-order valence-electron chi connectivity index (χ2n) is 7.62. The smallest absolute Gasteiger partial charge is 0.251 e. The number of piperidine rings is 1. The van der Waals surface area contributed by atoms with Crippen molar-refractivity contribution in [3.05, 3.63) is 54.1 Å². The predicted molar refractivity (Wildman–Crippen MR) is 105 cm³/mol. The highest BCUT2D eigenvalue weighted by Gasteiger charge is 2.32. The highest BCUT2D eigenvalue weighted by atomic mass is 16.5. The summed E-state index contributed by atoms with van der Waals surface area (Å²) in [6.07, 6.45) is 4.76. The fraction of sp³-hybridized carbons (Fsp3) is 0.364. The van der Waals surface area contributed by atoms with Crippen molar-refractivity contribution in [3.8, 4) is 11.3 Å². The molecule has 138 valence electrons. The number of nitrogens with one attached hydrogen (secondary N) is 1. The molecule has 2 heterocycles. The van der Waals surface area contributed by atoms with Crippen molar-refractivity contribution < 1.29 is 9.32 Å². The average molecular weight is 361 g/mol. The molecule has 2 fully saturated rings. The Kier molecular flexibility index (Phi) is 4.17. The Morgan fingerprint density at radius 1 is 1.04 bits per heavy atom. The van der Waals surface area contributed by atoms with E-state index in [0.717, 1.165) is 48.4 Å². The van der Waals surface area contributed by atoms with E-state index in [4.69, 9.17) is 4.52 Å². The first-order chi connectivity index (χ1) is 13.3. The van der Waals surface area contributed by atoms with Crippen molar-refractivity contribution in [3.63, 3.8) is 0 Å². The zero-order valence-electron chi connectivity index (χ0n) is 15.2. The zero-order chi connectivity index (χ0) is 18.2. The molecule has 0 unspecified atom stereocenters. The zero-order valence-corrected chi connectivity index (χ0v) is 15.2. The molecule has 1 saturated carbocycles. The second-order valence-corrected chi connectivity index (χ2v) is 7.62. The van der Waals surface area contributed by atoms with Gasteiger partial charge in [0, 0.05) is 36.3 Å². The Balaban J connectivity index is 1.33. The molecule has 0 atom stereocenters. The lowest BCUT2D eigenvalue weighted by molar-refractivity contribution is 0.0909. The third-order valence-corrected chi connectivity index (χ3v) is 5.70. The summed E-state index contributed by atoms with van der Waals surface area (Å²) in [4.78, 5) is 15.3. The quantitative estimate of drug-likeness (QED) is 0.767. The number of rotatable bonds is 4. The summed E-state index contributed by atoms with van der Waals surface area (Å²) < 4.78 is 5.54. The molecule has 3 aromatic rings. The van der Waals surface area contributed by atoms with Crippen LogP contribution >= 0.6 is 0 Å². The number of hydrogen-bond donors (Lipinski definition) is 1. The van der Waals surface area contributed by atoms with Crippen LogP contribution in [0.4, 0.5) is 0 Å². The predicted octanol–water partition coefficient (Wildman–Crippen LogP) is 3.85. The summed E-state index contributed by atoms with van der Waals surface area (Å²) in [7, 11) is 0. The van der Waals surface area contributed by atoms with E-state index in [1.54, 1.807) is 0 Å². The van der Waals surface area contributed by atoms with Crippen LogP contribution in [0.3, 0.4) is 0 Å². The van der Waals surface area contributed by atoms with Crippen LogP contribution < -0.4 is 5.32 Å². The van der Waals surface area contributed by atoms with Crippen LogP contribution in [0.15, 0.2) is 53.1 Å². The number of aromatic nitrogens is 1. The van der Waals surface area contributed by atoms with E-state index in [9.17, 15) is 4.79 Å². The third kappa shape index (κ3) is 3.35. The van der Waals surface area contributed by atoms with Gasteiger partial charge in [-0.15, -0.1) is 0 Å². The lowest BCUT2D eigenvalue weighted by atomic mass is 10.0. The monoisotopic (exact) mass is 361 g/mol. The molecular formula is C22H23N3O2. The summed E-state index contributed by atoms with van der Waals surface area (Å²) in [6, 6.07) is 16.5. The number of carbonyl (C=O) groups is 1. The summed E-state index contributed by atoms with van der Waals surface area (Å²) in [5.74, 6) is 0.694. The van der Waals surface area contributed by atoms with Gasteiger partial charge in [-0.25, -0.2) is 0 Å². The van der Waals surface area contributed by atoms with Crippen LogP contribution in [0.25, 0.3) is 22.2 Å². The van der Waals surface area contributed by atoms with Crippen molar-refractivity contribution in [1.82, 2.24) is 15.4 Å². The van der Waals surface area contributed by atoms with Gasteiger partial charge < -0.3 is 14.7 Å². The molecule has 5 heteroatoms. The largest absolute Gasteiger partial charge is 0.355 e. The van der Waals surface area contributed by atoms with Crippen LogP contribution in [0.2, 0.25) is 0 Å². The van der Waals surface area contributed by atoms with Gasteiger partial charge in [0.15, 0.2) is 5.76 Å². The van der Waals surface area contributed by atoms with Crippen LogP contribution in [-0.4, -0.2) is 41.1 Å². The minimum atomic E-state index is -0.0121. The van der Waals surface area contributed by atoms with Gasteiger partial charge in [-0.1, -0.05) is 35.5 Å². The topological polar surface area (TPSA) is 58.4 Å². The first kappa shape index (κ1) is 16.5. The summed E-state index contributed by atoms with van der Waals surface area (Å²) in [6.45, 7) is 2.19. The van der Waals surface area contributed by atoms with Crippen molar-refractivity contribution in [2.24, 2.45) is 0 Å². The van der Waals surface area contributed by atoms with Gasteiger partial charge in [-0.2, -0.15) is 0 Å². The van der Waals surface area contributed by atoms with E-state index in [-0.39, 0.29) is 11.9 Å². The van der Waals surface area contributed by atoms with Crippen LogP contribution in [0.1, 0.15) is 36.0 Å². The first-order valence-electron chi connectivity index (χ1n) is 9.78. The Bertz CT molecular complexity index is 954. The molecule has 1 amide bonds. The molecule has 27 heavy (non-hydrogen) atoms. The van der Waals surface area contributed by atoms with Crippen molar-refractivity contribution in [1.29, 1.82) is 0 Å². The van der Waals surface area contributed by atoms with E-state index >= 15 is 0 Å². The molecule has 1 saturated heterocycles. The van der Waals surface area contributed by atoms with Gasteiger partial charge in [0.1, 0.15) is 5.52 Å². The Morgan fingerprint density at radius 2 is 1.81 bits per heavy atom. The molecule has 5 nitrogen and oxygen atoms in total. The number of carbonyl (C=O) groups excluding carboxylic acids is 1. The molecule has 2 aromatic carbocycles. The lowest BCUT2D eigenvalue weighted by Gasteiger charge is -2.32. The summed E-state index contributed by atoms with van der Waals surface area (Å²) in [5.41, 5.74) is 2.39. The van der Waals surface area contributed by atoms with E-state index in [1.807, 2.05) is 48.5 Å². The van der Waals surface area contributed by atoms with E-state index in [2.05, 4.69) is 15.4 Å². The molecule has 5 rings (SSSR count). The number of benzene rings is 2. The normalized spacial score (nSPS) is 18.7. The van der Waals surface area contributed by atoms with Crippen LogP contribution in [0.5, 0.6) is 0 Å². The maximum absolute atomic E-state index is 12.8. The minimum Gasteiger partial charge on any atom is -0.355 e. The first-order valence-corrected chi connectivity index (χ1v) is 9.78. The highest BCUT2D eigenvalue weighted by Crippen LogP contribution is 2.30. The summed E-state index contributed by atoms with van der Waals surface area (Å²) in [5, 5.41) is 8.22. The molecular weight excluding hydrogens is 338 g/mol. The fourth-order valence-electron chi connectivity index (χ4n) is 4.00. The Labute approximate surface area is 158 Å². The van der Waals surface area contributed by atoms with Gasteiger partial charge >= 0.3 is 0 Å². The molecule has 0 radical (unpaired) electrons. The molecule has 0 bridgehead atoms. The standard InChI is InChI=1S/C22H23N3O2/c26-22(23-17-10-12-25(13-11-17)18-7-8-18)16-6-9-20-19(14-16)21(27-24-20)15-4-2-1-3-5-15/h1-6,9,14,17-18H,7-8,10-13H2,(H,23,26). The number of amides is 1. The van der Waals surface area contributed by atoms with Crippen molar-refractivity contribution in [2.75, 3.05) is 13.1 Å². The van der Waals surface area contributed by atoms with Crippen molar-refractivity contribution >= 4 is 16.8 Å².